The molecule has 690 valence electrons. The Bertz CT molecular complexity index is 9570. The van der Waals surface area contributed by atoms with Gasteiger partial charge >= 0.3 is 7.12 Å². The van der Waals surface area contributed by atoms with E-state index in [1.165, 1.54) is 29.0 Å². The van der Waals surface area contributed by atoms with E-state index < -0.39 is 74.8 Å². The van der Waals surface area contributed by atoms with Gasteiger partial charge in [0.05, 0.1) is 121 Å². The SMILES string of the molecule is N#Cc1c(-n2c3ccccc3c3ccccc32)c(-n2c3ccccc3c3ccccc32)c(-c2ccccc2-n2c3ccccc3c3ccccc32)c(-n2c3ccccc3c3ccccc32)c1-n1c2ccccc2c2ccccc21.N#Cc1c(F)c(F)c(-c2ccccc2-n2c3ccccc3c3ccccc32)c(F)c1F.N#Cc1c(F)c(F)c(Br)c(F)c1F.OB(O)c1ccccc1-n1c2ccccc2c2ccccc21. The Labute approximate surface area is 829 Å². The molecule has 2 N–H and O–H groups in total. The van der Waals surface area contributed by atoms with Crippen LogP contribution < -0.4 is 5.46 Å². The maximum atomic E-state index is 14.9. The number of nitriles is 3. The lowest BCUT2D eigenvalue weighted by atomic mass is 9.79. The summed E-state index contributed by atoms with van der Waals surface area (Å²) in [5.74, 6) is -13.3. The van der Waals surface area contributed by atoms with Gasteiger partial charge in [0.1, 0.15) is 34.9 Å². The summed E-state index contributed by atoms with van der Waals surface area (Å²) in [7, 11) is -1.50. The number of hydrogen-bond acceptors (Lipinski definition) is 5. The predicted octanol–water partition coefficient (Wildman–Crippen LogP) is 30.9. The molecular formula is C123H70BBrF8N10O2. The smallest absolute Gasteiger partial charge is 0.423 e. The molecule has 0 unspecified atom stereocenters. The normalized spacial score (nSPS) is 11.5. The second-order valence-electron chi connectivity index (χ2n) is 35.0. The van der Waals surface area contributed by atoms with Gasteiger partial charge in [-0.1, -0.05) is 309 Å². The van der Waals surface area contributed by atoms with Gasteiger partial charge < -0.3 is 42.0 Å². The van der Waals surface area contributed by atoms with Gasteiger partial charge in [-0.25, -0.2) is 35.1 Å². The molecule has 0 saturated carbocycles. The Morgan fingerprint density at radius 2 is 0.372 bits per heavy atom. The fourth-order valence-electron chi connectivity index (χ4n) is 21.5. The van der Waals surface area contributed by atoms with E-state index in [0.717, 1.165) is 193 Å². The monoisotopic (exact) mass is 1960 g/mol. The van der Waals surface area contributed by atoms with Crippen LogP contribution in [0.5, 0.6) is 0 Å². The molecular weight excluding hydrogens is 1890 g/mol. The highest BCUT2D eigenvalue weighted by atomic mass is 79.9. The fourth-order valence-corrected chi connectivity index (χ4v) is 21.8. The summed E-state index contributed by atoms with van der Waals surface area (Å²) in [5.41, 5.74) is 19.0. The van der Waals surface area contributed by atoms with E-state index in [2.05, 4.69) is 341 Å². The van der Waals surface area contributed by atoms with Gasteiger partial charge in [0, 0.05) is 103 Å². The minimum Gasteiger partial charge on any atom is -0.423 e. The summed E-state index contributed by atoms with van der Waals surface area (Å²) in [5, 5.41) is 64.8. The number of fused-ring (bicyclic) bond motifs is 21. The molecule has 12 nitrogen and oxygen atoms in total. The van der Waals surface area contributed by atoms with Crippen LogP contribution in [0.2, 0.25) is 0 Å². The van der Waals surface area contributed by atoms with E-state index >= 15 is 0 Å². The molecule has 0 radical (unpaired) electrons. The molecule has 0 spiro atoms. The zero-order chi connectivity index (χ0) is 98.8. The minimum atomic E-state index is -1.71. The number of aromatic nitrogens is 7. The second kappa shape index (κ2) is 35.9. The highest BCUT2D eigenvalue weighted by Crippen LogP contribution is 2.55. The second-order valence-corrected chi connectivity index (χ2v) is 35.8. The highest BCUT2D eigenvalue weighted by molar-refractivity contribution is 9.10. The topological polar surface area (TPSA) is 146 Å². The van der Waals surface area contributed by atoms with Crippen LogP contribution >= 0.6 is 15.9 Å². The van der Waals surface area contributed by atoms with Gasteiger partial charge in [-0.15, -0.1) is 0 Å². The van der Waals surface area contributed by atoms with Crippen LogP contribution in [0.4, 0.5) is 35.1 Å². The molecule has 7 heterocycles. The summed E-state index contributed by atoms with van der Waals surface area (Å²) >= 11 is 2.30. The zero-order valence-electron chi connectivity index (χ0n) is 76.1. The average molecular weight is 1960 g/mol. The largest absolute Gasteiger partial charge is 0.490 e. The van der Waals surface area contributed by atoms with Crippen molar-refractivity contribution in [3.05, 3.63) is 480 Å². The number of rotatable bonds is 10. The molecule has 0 aliphatic heterocycles. The first-order chi connectivity index (χ1) is 71.1. The Morgan fingerprint density at radius 1 is 0.193 bits per heavy atom. The van der Waals surface area contributed by atoms with Gasteiger partial charge in [-0.3, -0.25) is 0 Å². The molecule has 0 atom stereocenters. The Morgan fingerprint density at radius 3 is 0.607 bits per heavy atom. The van der Waals surface area contributed by atoms with Gasteiger partial charge in [0.2, 0.25) is 0 Å². The van der Waals surface area contributed by atoms with E-state index in [-0.39, 0.29) is 5.56 Å². The summed E-state index contributed by atoms with van der Waals surface area (Å²) in [6.07, 6.45) is 0. The maximum Gasteiger partial charge on any atom is 0.490 e. The lowest BCUT2D eigenvalue weighted by Crippen LogP contribution is -2.33. The van der Waals surface area contributed by atoms with Crippen LogP contribution in [-0.2, 0) is 0 Å². The summed E-state index contributed by atoms with van der Waals surface area (Å²) in [6.45, 7) is 0. The molecule has 0 amide bonds. The third kappa shape index (κ3) is 13.9. The molecule has 0 saturated heterocycles. The third-order valence-electron chi connectivity index (χ3n) is 27.4. The molecule has 27 rings (SSSR count). The van der Waals surface area contributed by atoms with Crippen LogP contribution in [0.25, 0.3) is 215 Å². The average Bonchev–Trinajstić information content (AvgIpc) is 1.54. The standard InChI is InChI=1S/C73H44N6.C25H12F4N2.C18H14BNO2.C7BrF4N/c74-45-57-70(76-60-36-14-3-25-48(60)49-26-4-15-37-61(49)76)72(78-64-40-18-7-29-52(64)53-30-8-19-41-65(53)78)69(56-33-11-22-44-68(56)75-58-34-12-1-23-46(58)47-24-2-13-35-59(47)75)73(79-66-42-20-9-31-54(66)55-32-10-21-43-67(55)79)71(57)77-62-38-16-5-27-50(62)51-28-6-17-39-63(51)77;26-22-17(13-30)23(27)25(29)21(24(22)28)16-9-3-6-12-20(16)31-18-10-4-1-7-14(18)15-8-2-5-11-19(15)31;21-19(22)15-9-3-6-12-18(15)20-16-10-4-1-7-13(16)14-8-2-5-11-17(14)20;8-3-6(11)4(9)2(1-13)5(10)7(3)12/h1-44H;1-12H;1-12,21-22H;. The van der Waals surface area contributed by atoms with Crippen molar-refractivity contribution in [3.8, 4) is 80.3 Å². The first-order valence-electron chi connectivity index (χ1n) is 46.4. The molecule has 20 aromatic carbocycles. The molecule has 7 aromatic heterocycles. The van der Waals surface area contributed by atoms with Crippen molar-refractivity contribution in [1.29, 1.82) is 15.8 Å². The van der Waals surface area contributed by atoms with Gasteiger partial charge in [-0.2, -0.15) is 15.8 Å². The quantitative estimate of drug-likeness (QED) is 0.0606. The first kappa shape index (κ1) is 89.0. The van der Waals surface area contributed by atoms with Crippen molar-refractivity contribution < 1.29 is 45.2 Å². The highest BCUT2D eigenvalue weighted by Gasteiger charge is 2.38. The minimum absolute atomic E-state index is 0.0358. The van der Waals surface area contributed by atoms with Crippen LogP contribution in [0.3, 0.4) is 0 Å². The van der Waals surface area contributed by atoms with Gasteiger partial charge in [0.25, 0.3) is 0 Å². The lowest BCUT2D eigenvalue weighted by molar-refractivity contribution is 0.425. The van der Waals surface area contributed by atoms with Crippen molar-refractivity contribution in [2.45, 2.75) is 0 Å². The number of nitrogens with zero attached hydrogens (tertiary/aromatic N) is 10. The molecule has 0 aliphatic carbocycles. The van der Waals surface area contributed by atoms with Gasteiger partial charge in [0.15, 0.2) is 46.5 Å². The maximum absolute atomic E-state index is 14.9. The van der Waals surface area contributed by atoms with Crippen LogP contribution in [0.15, 0.2) is 417 Å². The van der Waals surface area contributed by atoms with Crippen molar-refractivity contribution >= 4 is 181 Å². The van der Waals surface area contributed by atoms with Gasteiger partial charge in [-0.05, 0) is 119 Å². The Balaban J connectivity index is 0.000000138. The van der Waals surface area contributed by atoms with Crippen molar-refractivity contribution in [2.75, 3.05) is 0 Å². The third-order valence-corrected chi connectivity index (χ3v) is 28.1. The summed E-state index contributed by atoms with van der Waals surface area (Å²) < 4.78 is 124. The van der Waals surface area contributed by atoms with Crippen LogP contribution in [0, 0.1) is 80.5 Å². The number of halogens is 9. The van der Waals surface area contributed by atoms with E-state index in [9.17, 15) is 50.4 Å². The van der Waals surface area contributed by atoms with Crippen molar-refractivity contribution in [2.24, 2.45) is 0 Å². The summed E-state index contributed by atoms with van der Waals surface area (Å²) in [4.78, 5) is 0. The number of hydrogen-bond donors (Lipinski definition) is 2. The summed E-state index contributed by atoms with van der Waals surface area (Å²) in [6, 6.07) is 147. The van der Waals surface area contributed by atoms with E-state index in [1.807, 2.05) is 91.0 Å². The lowest BCUT2D eigenvalue weighted by Gasteiger charge is -2.30. The zero-order valence-corrected chi connectivity index (χ0v) is 77.7. The van der Waals surface area contributed by atoms with E-state index in [0.29, 0.717) is 16.7 Å². The Hall–Kier alpha value is -18.6. The van der Waals surface area contributed by atoms with Crippen molar-refractivity contribution in [1.82, 2.24) is 32.0 Å². The predicted molar refractivity (Wildman–Crippen MR) is 568 cm³/mol. The molecule has 0 aliphatic rings. The molecule has 22 heteroatoms. The number of para-hydroxylation sites is 17. The van der Waals surface area contributed by atoms with E-state index in [4.69, 9.17) is 10.5 Å². The molecule has 145 heavy (non-hydrogen) atoms. The first-order valence-corrected chi connectivity index (χ1v) is 47.2. The van der Waals surface area contributed by atoms with E-state index in [1.54, 1.807) is 22.8 Å². The fraction of sp³-hybridized carbons (Fsp3) is 0. The van der Waals surface area contributed by atoms with Crippen LogP contribution in [0.1, 0.15) is 16.7 Å². The Kier molecular flexibility index (Phi) is 22.1. The molecule has 0 bridgehead atoms. The molecule has 27 aromatic rings. The number of benzene rings is 20. The molecule has 0 fully saturated rings. The van der Waals surface area contributed by atoms with Crippen molar-refractivity contribution in [3.63, 3.8) is 0 Å². The van der Waals surface area contributed by atoms with Crippen LogP contribution in [-0.4, -0.2) is 49.1 Å².